The van der Waals surface area contributed by atoms with Crippen LogP contribution in [-0.4, -0.2) is 112 Å². The molecule has 10 atom stereocenters. The molecule has 0 bridgehead atoms. The molecule has 40 heavy (non-hydrogen) atoms. The fourth-order valence-corrected chi connectivity index (χ4v) is 5.54. The number of pyridine rings is 1. The number of rotatable bonds is 8. The Hall–Kier alpha value is -2.76. The lowest BCUT2D eigenvalue weighted by Gasteiger charge is -2.47. The summed E-state index contributed by atoms with van der Waals surface area (Å²) in [6.07, 6.45) is -4.50. The summed E-state index contributed by atoms with van der Waals surface area (Å²) in [5, 5.41) is 39.3. The molecule has 14 N–H and O–H groups in total. The maximum Gasteiger partial charge on any atom is 0.269 e. The van der Waals surface area contributed by atoms with Crippen molar-refractivity contribution in [2.75, 3.05) is 19.6 Å². The van der Waals surface area contributed by atoms with Gasteiger partial charge in [-0.1, -0.05) is 18.2 Å². The normalized spacial score (nSPS) is 34.8. The Kier molecular flexibility index (Phi) is 8.63. The molecular weight excluding hydrogens is 520 g/mol. The van der Waals surface area contributed by atoms with Crippen LogP contribution in [0.15, 0.2) is 36.5 Å². The molecule has 3 heterocycles. The lowest BCUT2D eigenvalue weighted by Crippen LogP contribution is -2.70. The molecule has 14 heteroatoms. The molecule has 1 saturated carbocycles. The number of carbonyl (C=O) groups excluding carboxylic acids is 1. The number of aliphatic hydroxyl groups is 3. The minimum Gasteiger partial charge on any atom is -0.390 e. The van der Waals surface area contributed by atoms with Crippen LogP contribution >= 0.6 is 0 Å². The number of aromatic amines is 1. The van der Waals surface area contributed by atoms with Gasteiger partial charge in [-0.15, -0.1) is 0 Å². The summed E-state index contributed by atoms with van der Waals surface area (Å²) in [6.45, 7) is 0.414. The van der Waals surface area contributed by atoms with E-state index in [4.69, 9.17) is 32.4 Å². The molecule has 0 radical (unpaired) electrons. The fourth-order valence-electron chi connectivity index (χ4n) is 5.54. The van der Waals surface area contributed by atoms with E-state index in [1.165, 1.54) is 0 Å². The van der Waals surface area contributed by atoms with E-state index in [0.29, 0.717) is 0 Å². The molecule has 2 aromatic heterocycles. The Balaban J connectivity index is 1.21. The summed E-state index contributed by atoms with van der Waals surface area (Å²) in [5.74, 6) is -0.346. The first-order valence-corrected chi connectivity index (χ1v) is 13.4. The Labute approximate surface area is 230 Å². The van der Waals surface area contributed by atoms with E-state index < -0.39 is 61.0 Å². The number of aromatic nitrogens is 2. The highest BCUT2D eigenvalue weighted by Gasteiger charge is 2.48. The number of ether oxygens (including phenoxy) is 2. The van der Waals surface area contributed by atoms with Gasteiger partial charge in [0.05, 0.1) is 36.0 Å². The summed E-state index contributed by atoms with van der Waals surface area (Å²) in [6, 6.07) is 6.56. The molecule has 1 aromatic carbocycles. The maximum atomic E-state index is 12.8. The average molecular weight is 559 g/mol. The first-order chi connectivity index (χ1) is 19.2. The number of nitrogens with two attached hydrogens (primary N) is 4. The molecule has 1 aliphatic carbocycles. The fraction of sp³-hybridized carbons (Fsp3) is 0.538. The van der Waals surface area contributed by atoms with Crippen LogP contribution in [-0.2, 0) is 9.47 Å². The Bertz CT molecular complexity index is 1320. The number of H-pyrrole nitrogens is 1. The quantitative estimate of drug-likeness (QED) is 0.124. The van der Waals surface area contributed by atoms with Gasteiger partial charge in [0.1, 0.15) is 24.0 Å². The largest absolute Gasteiger partial charge is 0.390 e. The SMILES string of the molecule is NC[C@H]1O[C@H](O[C@H]2[C@@H](NCCNC(=O)c3cc4c(cn3)[nH]c3ccccc34)[C@@H](O)[C@H](N)C[C@@H]2N)[C@H](N)[C@@H](O)[C@@H]1O. The Morgan fingerprint density at radius 2 is 1.82 bits per heavy atom. The van der Waals surface area contributed by atoms with Crippen LogP contribution in [0.1, 0.15) is 16.9 Å². The molecule has 2 aliphatic rings. The van der Waals surface area contributed by atoms with Gasteiger partial charge in [-0.2, -0.15) is 0 Å². The molecule has 1 aliphatic heterocycles. The van der Waals surface area contributed by atoms with Crippen LogP contribution < -0.4 is 33.6 Å². The maximum absolute atomic E-state index is 12.8. The second-order valence-corrected chi connectivity index (χ2v) is 10.5. The van der Waals surface area contributed by atoms with Gasteiger partial charge in [-0.05, 0) is 18.6 Å². The number of fused-ring (bicyclic) bond motifs is 3. The number of para-hydroxylation sites is 1. The van der Waals surface area contributed by atoms with Gasteiger partial charge >= 0.3 is 0 Å². The molecule has 0 unspecified atom stereocenters. The van der Waals surface area contributed by atoms with E-state index in [9.17, 15) is 20.1 Å². The van der Waals surface area contributed by atoms with Crippen molar-refractivity contribution in [1.82, 2.24) is 20.6 Å². The zero-order valence-electron chi connectivity index (χ0n) is 21.9. The third-order valence-corrected chi connectivity index (χ3v) is 7.81. The highest BCUT2D eigenvalue weighted by Crippen LogP contribution is 2.27. The van der Waals surface area contributed by atoms with Gasteiger partial charge in [0.25, 0.3) is 5.91 Å². The highest BCUT2D eigenvalue weighted by molar-refractivity contribution is 6.09. The number of hydrogen-bond acceptors (Lipinski definition) is 12. The standard InChI is InChI=1S/C26H38N8O6/c27-9-18-22(36)23(37)19(30)26(39-18)40-24-14(29)8-13(28)21(35)20(24)31-5-6-32-25(38)16-7-12-11-3-1-2-4-15(11)34-17(12)10-33-16/h1-4,7,10,13-14,18-24,26,31,34-37H,5-6,8-9,27-30H2,(H,32,38)/t13-,14+,18-,19-,20+,21+,22-,23-,24-,26-/m1/s1. The summed E-state index contributed by atoms with van der Waals surface area (Å²) < 4.78 is 11.8. The van der Waals surface area contributed by atoms with Crippen LogP contribution in [0.4, 0.5) is 0 Å². The number of carbonyl (C=O) groups is 1. The molecule has 14 nitrogen and oxygen atoms in total. The van der Waals surface area contributed by atoms with E-state index in [-0.39, 0.29) is 37.7 Å². The van der Waals surface area contributed by atoms with Gasteiger partial charge < -0.3 is 63.3 Å². The van der Waals surface area contributed by atoms with Crippen molar-refractivity contribution in [3.8, 4) is 0 Å². The zero-order chi connectivity index (χ0) is 28.6. The first kappa shape index (κ1) is 28.8. The molecule has 3 aromatic rings. The predicted molar refractivity (Wildman–Crippen MR) is 147 cm³/mol. The number of nitrogens with one attached hydrogen (secondary N) is 3. The predicted octanol–water partition coefficient (Wildman–Crippen LogP) is -3.06. The van der Waals surface area contributed by atoms with Gasteiger partial charge in [0.2, 0.25) is 0 Å². The lowest BCUT2D eigenvalue weighted by atomic mass is 9.82. The topological polar surface area (TPSA) is 253 Å². The molecule has 1 amide bonds. The van der Waals surface area contributed by atoms with Crippen molar-refractivity contribution in [1.29, 1.82) is 0 Å². The van der Waals surface area contributed by atoms with E-state index >= 15 is 0 Å². The first-order valence-electron chi connectivity index (χ1n) is 13.4. The highest BCUT2D eigenvalue weighted by atomic mass is 16.7. The van der Waals surface area contributed by atoms with Gasteiger partial charge in [0, 0.05) is 48.0 Å². The van der Waals surface area contributed by atoms with Gasteiger partial charge in [-0.25, -0.2) is 4.98 Å². The van der Waals surface area contributed by atoms with Crippen LogP contribution in [0.3, 0.4) is 0 Å². The van der Waals surface area contributed by atoms with Crippen molar-refractivity contribution in [2.24, 2.45) is 22.9 Å². The van der Waals surface area contributed by atoms with E-state index in [0.717, 1.165) is 21.8 Å². The second-order valence-electron chi connectivity index (χ2n) is 10.5. The van der Waals surface area contributed by atoms with Crippen LogP contribution in [0, 0.1) is 0 Å². The third-order valence-electron chi connectivity index (χ3n) is 7.81. The number of hydrogen-bond donors (Lipinski definition) is 10. The van der Waals surface area contributed by atoms with E-state index in [1.807, 2.05) is 24.3 Å². The van der Waals surface area contributed by atoms with Crippen LogP contribution in [0.25, 0.3) is 21.8 Å². The molecule has 5 rings (SSSR count). The number of nitrogens with zero attached hydrogens (tertiary/aromatic N) is 1. The minimum absolute atomic E-state index is 0.0570. The summed E-state index contributed by atoms with van der Waals surface area (Å²) >= 11 is 0. The van der Waals surface area contributed by atoms with Crippen molar-refractivity contribution in [3.05, 3.63) is 42.2 Å². The van der Waals surface area contributed by atoms with E-state index in [2.05, 4.69) is 20.6 Å². The number of aliphatic hydroxyl groups excluding tert-OH is 3. The monoisotopic (exact) mass is 558 g/mol. The average Bonchev–Trinajstić information content (AvgIpc) is 3.33. The van der Waals surface area contributed by atoms with Crippen LogP contribution in [0.2, 0.25) is 0 Å². The van der Waals surface area contributed by atoms with Crippen molar-refractivity contribution in [3.63, 3.8) is 0 Å². The number of benzene rings is 1. The van der Waals surface area contributed by atoms with Crippen LogP contribution in [0.5, 0.6) is 0 Å². The second kappa shape index (κ2) is 12.0. The Morgan fingerprint density at radius 1 is 1.05 bits per heavy atom. The molecule has 1 saturated heterocycles. The molecule has 0 spiro atoms. The van der Waals surface area contributed by atoms with Gasteiger partial charge in [-0.3, -0.25) is 4.79 Å². The molecule has 218 valence electrons. The molecule has 2 fully saturated rings. The van der Waals surface area contributed by atoms with E-state index in [1.54, 1.807) is 12.3 Å². The summed E-state index contributed by atoms with van der Waals surface area (Å²) in [7, 11) is 0. The summed E-state index contributed by atoms with van der Waals surface area (Å²) in [5.41, 5.74) is 26.3. The third kappa shape index (κ3) is 5.56. The summed E-state index contributed by atoms with van der Waals surface area (Å²) in [4.78, 5) is 20.4. The van der Waals surface area contributed by atoms with Gasteiger partial charge in [0.15, 0.2) is 6.29 Å². The number of amides is 1. The smallest absolute Gasteiger partial charge is 0.269 e. The molecular formula is C26H38N8O6. The minimum atomic E-state index is -1.32. The van der Waals surface area contributed by atoms with Crippen molar-refractivity contribution in [2.45, 2.75) is 67.4 Å². The lowest BCUT2D eigenvalue weighted by molar-refractivity contribution is -0.279. The zero-order valence-corrected chi connectivity index (χ0v) is 21.9. The van der Waals surface area contributed by atoms with Crippen molar-refractivity contribution < 1.29 is 29.6 Å². The Morgan fingerprint density at radius 3 is 2.60 bits per heavy atom. The van der Waals surface area contributed by atoms with Crippen molar-refractivity contribution >= 4 is 27.7 Å².